The zero-order chi connectivity index (χ0) is 35.7. The van der Waals surface area contributed by atoms with Crippen LogP contribution in [0.5, 0.6) is 0 Å². The molecular weight excluding hydrogens is 805 g/mol. The van der Waals surface area contributed by atoms with Gasteiger partial charge in [0.2, 0.25) is 0 Å². The van der Waals surface area contributed by atoms with E-state index in [4.69, 9.17) is 10.4 Å². The van der Waals surface area contributed by atoms with Crippen LogP contribution in [0.3, 0.4) is 0 Å². The van der Waals surface area contributed by atoms with Gasteiger partial charge < -0.3 is 15.4 Å². The van der Waals surface area contributed by atoms with Gasteiger partial charge in [-0.1, -0.05) is 124 Å². The molecule has 51 heavy (non-hydrogen) atoms. The Hall–Kier alpha value is -5.09. The molecule has 2 heterocycles. The SMILES string of the molecule is CC(=O)/C=C(/C)O.CC(C)(C)C1=C[N-]C(c2[c-]ccc(-c3ccccc3)c2)C=C1.Cc1cc[c-]c(-c2cc3c(ccc4ccccc43)cn2)c1.[Ir+3]. The zero-order valence-corrected chi connectivity index (χ0v) is 32.3. The maximum Gasteiger partial charge on any atom is 3.00 e. The van der Waals surface area contributed by atoms with Gasteiger partial charge >= 0.3 is 20.1 Å². The van der Waals surface area contributed by atoms with Gasteiger partial charge in [-0.25, -0.2) is 0 Å². The molecule has 1 atom stereocenters. The molecule has 1 aliphatic rings. The number of allylic oxidation sites excluding steroid dienone is 4. The van der Waals surface area contributed by atoms with Crippen LogP contribution in [0.4, 0.5) is 0 Å². The summed E-state index contributed by atoms with van der Waals surface area (Å²) in [6, 6.07) is 44.4. The van der Waals surface area contributed by atoms with Crippen molar-refractivity contribution in [1.82, 2.24) is 4.98 Å². The maximum absolute atomic E-state index is 10.0. The van der Waals surface area contributed by atoms with Crippen molar-refractivity contribution in [2.45, 2.75) is 47.6 Å². The average Bonchev–Trinajstić information content (AvgIpc) is 3.11. The third kappa shape index (κ3) is 10.7. The first-order chi connectivity index (χ1) is 24.0. The number of hydrogen-bond acceptors (Lipinski definition) is 3. The molecule has 5 heteroatoms. The third-order valence-electron chi connectivity index (χ3n) is 8.22. The van der Waals surface area contributed by atoms with Crippen LogP contribution in [0.25, 0.3) is 49.2 Å². The van der Waals surface area contributed by atoms with Crippen molar-refractivity contribution in [1.29, 1.82) is 0 Å². The van der Waals surface area contributed by atoms with E-state index in [2.05, 4.69) is 148 Å². The Bertz CT molecular complexity index is 2190. The number of aliphatic hydroxyl groups excluding tert-OH is 1. The molecule has 5 aromatic carbocycles. The summed E-state index contributed by atoms with van der Waals surface area (Å²) in [7, 11) is 0. The smallest absolute Gasteiger partial charge is 0.683 e. The number of aryl methyl sites for hydroxylation is 1. The average molecular weight is 848 g/mol. The molecule has 0 amide bonds. The molecule has 0 saturated heterocycles. The van der Waals surface area contributed by atoms with Crippen LogP contribution in [-0.2, 0) is 24.9 Å². The van der Waals surface area contributed by atoms with Gasteiger partial charge in [-0.15, -0.1) is 41.0 Å². The summed E-state index contributed by atoms with van der Waals surface area (Å²) >= 11 is 0. The topological polar surface area (TPSA) is 64.3 Å². The maximum atomic E-state index is 10.0. The number of benzene rings is 5. The van der Waals surface area contributed by atoms with Gasteiger partial charge in [0, 0.05) is 12.3 Å². The van der Waals surface area contributed by atoms with Gasteiger partial charge in [0.25, 0.3) is 0 Å². The number of rotatable bonds is 4. The zero-order valence-electron chi connectivity index (χ0n) is 29.9. The molecule has 1 N–H and O–H groups in total. The summed E-state index contributed by atoms with van der Waals surface area (Å²) in [6.45, 7) is 11.6. The third-order valence-corrected chi connectivity index (χ3v) is 8.22. The van der Waals surface area contributed by atoms with Crippen LogP contribution >= 0.6 is 0 Å². The van der Waals surface area contributed by atoms with E-state index in [9.17, 15) is 4.79 Å². The Kier molecular flexibility index (Phi) is 13.4. The first-order valence-electron chi connectivity index (χ1n) is 16.8. The molecule has 4 nitrogen and oxygen atoms in total. The van der Waals surface area contributed by atoms with Gasteiger partial charge in [0.15, 0.2) is 5.78 Å². The molecule has 0 saturated carbocycles. The van der Waals surface area contributed by atoms with Gasteiger partial charge in [0.1, 0.15) is 0 Å². The molecule has 0 aliphatic carbocycles. The van der Waals surface area contributed by atoms with Crippen molar-refractivity contribution in [2.24, 2.45) is 5.41 Å². The number of ketones is 1. The van der Waals surface area contributed by atoms with E-state index in [0.29, 0.717) is 0 Å². The fraction of sp³-hybridized carbons (Fsp3) is 0.174. The van der Waals surface area contributed by atoms with Crippen LogP contribution in [0.15, 0.2) is 151 Å². The monoisotopic (exact) mass is 848 g/mol. The molecule has 1 aliphatic heterocycles. The fourth-order valence-corrected chi connectivity index (χ4v) is 5.61. The van der Waals surface area contributed by atoms with E-state index in [-0.39, 0.29) is 43.1 Å². The van der Waals surface area contributed by atoms with E-state index < -0.39 is 0 Å². The van der Waals surface area contributed by atoms with E-state index >= 15 is 0 Å². The Morgan fingerprint density at radius 3 is 2.18 bits per heavy atom. The van der Waals surface area contributed by atoms with Crippen molar-refractivity contribution < 1.29 is 30.0 Å². The van der Waals surface area contributed by atoms with Gasteiger partial charge in [-0.3, -0.25) is 4.79 Å². The summed E-state index contributed by atoms with van der Waals surface area (Å²) < 4.78 is 0. The number of pyridine rings is 1. The quantitative estimate of drug-likeness (QED) is 0.0832. The minimum atomic E-state index is -0.125. The summed E-state index contributed by atoms with van der Waals surface area (Å²) in [5, 5.41) is 18.0. The Labute approximate surface area is 316 Å². The Morgan fingerprint density at radius 2 is 1.53 bits per heavy atom. The van der Waals surface area contributed by atoms with Crippen LogP contribution in [0, 0.1) is 24.5 Å². The number of aliphatic hydroxyl groups is 1. The van der Waals surface area contributed by atoms with E-state index in [1.54, 1.807) is 0 Å². The van der Waals surface area contributed by atoms with Crippen LogP contribution in [-0.4, -0.2) is 15.9 Å². The molecule has 1 unspecified atom stereocenters. The second kappa shape index (κ2) is 17.7. The molecule has 0 spiro atoms. The molecule has 0 fully saturated rings. The van der Waals surface area contributed by atoms with Crippen molar-refractivity contribution in [3.63, 3.8) is 0 Å². The Balaban J connectivity index is 0.000000191. The second-order valence-corrected chi connectivity index (χ2v) is 13.4. The largest absolute Gasteiger partial charge is 3.00 e. The Morgan fingerprint density at radius 1 is 0.824 bits per heavy atom. The van der Waals surface area contributed by atoms with Crippen molar-refractivity contribution >= 4 is 27.3 Å². The number of hydrogen-bond donors (Lipinski definition) is 1. The van der Waals surface area contributed by atoms with Crippen LogP contribution in [0.1, 0.15) is 51.8 Å². The minimum absolute atomic E-state index is 0. The molecule has 0 radical (unpaired) electrons. The molecule has 1 aromatic heterocycles. The first kappa shape index (κ1) is 38.7. The molecule has 7 rings (SSSR count). The molecule has 0 bridgehead atoms. The number of carbonyl (C=O) groups is 1. The van der Waals surface area contributed by atoms with E-state index in [0.717, 1.165) is 16.8 Å². The van der Waals surface area contributed by atoms with Gasteiger partial charge in [-0.05, 0) is 52.1 Å². The predicted octanol–water partition coefficient (Wildman–Crippen LogP) is 12.3. The summed E-state index contributed by atoms with van der Waals surface area (Å²) in [4.78, 5) is 14.6. The van der Waals surface area contributed by atoms with Gasteiger partial charge in [0.05, 0.1) is 5.76 Å². The second-order valence-electron chi connectivity index (χ2n) is 13.4. The van der Waals surface area contributed by atoms with Crippen molar-refractivity contribution in [3.05, 3.63) is 180 Å². The summed E-state index contributed by atoms with van der Waals surface area (Å²) in [6.07, 6.45) is 9.49. The predicted molar refractivity (Wildman–Crippen MR) is 209 cm³/mol. The number of fused-ring (bicyclic) bond motifs is 3. The summed E-state index contributed by atoms with van der Waals surface area (Å²) in [5.74, 6) is -0.0625. The fourth-order valence-electron chi connectivity index (χ4n) is 5.61. The summed E-state index contributed by atoms with van der Waals surface area (Å²) in [5.41, 5.74) is 8.20. The minimum Gasteiger partial charge on any atom is -0.683 e. The normalized spacial score (nSPS) is 13.8. The van der Waals surface area contributed by atoms with Crippen LogP contribution < -0.4 is 0 Å². The van der Waals surface area contributed by atoms with Crippen molar-refractivity contribution in [2.75, 3.05) is 0 Å². The number of carbonyl (C=O) groups excluding carboxylic acids is 1. The number of nitrogens with zero attached hydrogens (tertiary/aromatic N) is 2. The standard InChI is InChI=1S/C21H21N.C20H14N.C5H8O2.Ir/c1-21(2,3)19-12-13-20(22-15-19)18-11-7-10-17(14-18)16-8-5-4-6-9-16;1-14-5-4-7-16(11-14)20-12-19-17(13-21-20)10-9-15-6-2-3-8-18(15)19;1-4(6)3-5(2)7;/h4-10,12-15,20H,1-3H3;2-6,8-13H,1H3;3,6H,1-2H3;/q-2;-1;;+3/b;;4-3-;. The van der Waals surface area contributed by atoms with Crippen LogP contribution in [0.2, 0.25) is 0 Å². The van der Waals surface area contributed by atoms with Gasteiger partial charge in [-0.2, -0.15) is 36.0 Å². The molecule has 6 aromatic rings. The van der Waals surface area contributed by atoms with E-state index in [1.165, 1.54) is 63.7 Å². The van der Waals surface area contributed by atoms with E-state index in [1.807, 2.05) is 30.6 Å². The van der Waals surface area contributed by atoms with Crippen molar-refractivity contribution in [3.8, 4) is 22.4 Å². The number of aromatic nitrogens is 1. The molecule has 258 valence electrons. The first-order valence-corrected chi connectivity index (χ1v) is 16.8. The molecular formula is C46H43IrN2O2.